The fourth-order valence-corrected chi connectivity index (χ4v) is 3.39. The summed E-state index contributed by atoms with van der Waals surface area (Å²) in [6, 6.07) is 0. The van der Waals surface area contributed by atoms with E-state index in [-0.39, 0.29) is 18.9 Å². The fourth-order valence-electron chi connectivity index (χ4n) is 2.46. The normalized spacial score (nSPS) is 18.9. The average molecular weight is 483 g/mol. The number of carbonyl (C=O) groups is 2. The van der Waals surface area contributed by atoms with E-state index in [1.807, 2.05) is 31.1 Å². The molecule has 1 rings (SSSR count). The molecule has 13 heteroatoms. The molecule has 1 heterocycles. The molecule has 0 N–H and O–H groups in total. The Balaban J connectivity index is 2.59. The Morgan fingerprint density at radius 3 is 2.00 bits per heavy atom. The molecule has 2 unspecified atom stereocenters. The third kappa shape index (κ3) is 11.7. The van der Waals surface area contributed by atoms with Crippen molar-refractivity contribution in [2.24, 2.45) is 0 Å². The van der Waals surface area contributed by atoms with Gasteiger partial charge in [0.05, 0.1) is 24.9 Å². The lowest BCUT2D eigenvalue weighted by atomic mass is 10.2. The third-order valence-electron chi connectivity index (χ3n) is 3.78. The Hall–Kier alpha value is -1.85. The van der Waals surface area contributed by atoms with E-state index in [9.17, 15) is 14.2 Å². The first-order valence-electron chi connectivity index (χ1n) is 10.2. The molecule has 0 aliphatic carbocycles. The third-order valence-corrected chi connectivity index (χ3v) is 5.09. The van der Waals surface area contributed by atoms with E-state index in [1.165, 1.54) is 0 Å². The Morgan fingerprint density at radius 2 is 1.53 bits per heavy atom. The van der Waals surface area contributed by atoms with Crippen molar-refractivity contribution in [3.8, 4) is 0 Å². The Morgan fingerprint density at radius 1 is 1.00 bits per heavy atom. The van der Waals surface area contributed by atoms with Crippen molar-refractivity contribution in [1.82, 2.24) is 4.90 Å². The smallest absolute Gasteiger partial charge is 0.432 e. The number of ether oxygens (including phenoxy) is 5. The second kappa shape index (κ2) is 14.3. The molecule has 0 aromatic carbocycles. The van der Waals surface area contributed by atoms with Crippen LogP contribution in [0, 0.1) is 0 Å². The highest BCUT2D eigenvalue weighted by Gasteiger charge is 2.33. The molecule has 0 aromatic heterocycles. The number of rotatable bonds is 13. The number of hydrogen-bond acceptors (Lipinski definition) is 12. The molecule has 1 fully saturated rings. The van der Waals surface area contributed by atoms with Crippen LogP contribution < -0.4 is 0 Å². The molecular formula is C19H34NO11P. The van der Waals surface area contributed by atoms with E-state index in [0.717, 1.165) is 6.42 Å². The summed E-state index contributed by atoms with van der Waals surface area (Å²) in [4.78, 5) is 24.8. The molecule has 12 nitrogen and oxygen atoms in total. The van der Waals surface area contributed by atoms with Gasteiger partial charge in [-0.05, 0) is 53.7 Å². The van der Waals surface area contributed by atoms with E-state index in [1.54, 1.807) is 27.7 Å². The van der Waals surface area contributed by atoms with Gasteiger partial charge < -0.3 is 28.6 Å². The van der Waals surface area contributed by atoms with Crippen LogP contribution >= 0.6 is 7.82 Å². The summed E-state index contributed by atoms with van der Waals surface area (Å²) in [5.74, 6) is 0. The molecule has 2 atom stereocenters. The van der Waals surface area contributed by atoms with Crippen LogP contribution in [0.4, 0.5) is 9.59 Å². The zero-order chi connectivity index (χ0) is 24.1. The highest BCUT2D eigenvalue weighted by Crippen LogP contribution is 2.50. The molecule has 0 aromatic rings. The lowest BCUT2D eigenvalue weighted by Crippen LogP contribution is -2.28. The molecule has 0 amide bonds. The molecule has 1 aliphatic heterocycles. The zero-order valence-electron chi connectivity index (χ0n) is 19.4. The van der Waals surface area contributed by atoms with E-state index in [2.05, 4.69) is 9.47 Å². The number of allylic oxidation sites excluding steroid dienone is 1. The molecule has 1 saturated heterocycles. The predicted octanol–water partition coefficient (Wildman–Crippen LogP) is 4.15. The van der Waals surface area contributed by atoms with Crippen molar-refractivity contribution in [3.05, 3.63) is 12.3 Å². The van der Waals surface area contributed by atoms with Crippen LogP contribution in [0.15, 0.2) is 12.3 Å². The summed E-state index contributed by atoms with van der Waals surface area (Å²) in [5, 5.41) is 0. The number of hydrogen-bond donors (Lipinski definition) is 0. The first-order valence-corrected chi connectivity index (χ1v) is 11.7. The largest absolute Gasteiger partial charge is 0.510 e. The van der Waals surface area contributed by atoms with Gasteiger partial charge in [0.1, 0.15) is 6.23 Å². The van der Waals surface area contributed by atoms with Crippen LogP contribution in [0.3, 0.4) is 0 Å². The van der Waals surface area contributed by atoms with E-state index < -0.39 is 45.9 Å². The minimum Gasteiger partial charge on any atom is -0.432 e. The standard InChI is InChI=1S/C19H34NO11P/c1-7-10-20(6)17-9-8-16(31-17)11-26-32(23,27-12-24-18(21)29-14(2)3)28-13-25-19(22)30-15(4)5/h7,10,14-17H,8-9,11-13H2,1-6H3/b10-7-. The molecule has 1 aliphatic rings. The molecule has 0 radical (unpaired) electrons. The number of phosphoric acid groups is 1. The summed E-state index contributed by atoms with van der Waals surface area (Å²) in [6.07, 6.45) is 1.80. The topological polar surface area (TPSA) is 128 Å². The Bertz CT molecular complexity index is 623. The van der Waals surface area contributed by atoms with Crippen molar-refractivity contribution in [3.63, 3.8) is 0 Å². The van der Waals surface area contributed by atoms with E-state index in [0.29, 0.717) is 6.42 Å². The molecule has 32 heavy (non-hydrogen) atoms. The SMILES string of the molecule is C/C=C\N(C)C1CCC(COP(=O)(OCOC(=O)OC(C)C)OCOC(=O)OC(C)C)O1. The quantitative estimate of drug-likeness (QED) is 0.212. The van der Waals surface area contributed by atoms with Crippen molar-refractivity contribution in [2.75, 3.05) is 27.2 Å². The monoisotopic (exact) mass is 483 g/mol. The van der Waals surface area contributed by atoms with Crippen molar-refractivity contribution in [2.45, 2.75) is 72.0 Å². The van der Waals surface area contributed by atoms with Crippen LogP contribution in [0.25, 0.3) is 0 Å². The second-order valence-electron chi connectivity index (χ2n) is 7.30. The van der Waals surface area contributed by atoms with Crippen LogP contribution in [-0.4, -0.2) is 69.0 Å². The number of carbonyl (C=O) groups excluding carboxylic acids is 2. The fraction of sp³-hybridized carbons (Fsp3) is 0.789. The maximum atomic E-state index is 12.9. The van der Waals surface area contributed by atoms with Gasteiger partial charge in [0.25, 0.3) is 0 Å². The first kappa shape index (κ1) is 28.2. The van der Waals surface area contributed by atoms with Gasteiger partial charge in [0.2, 0.25) is 13.6 Å². The maximum absolute atomic E-state index is 12.9. The number of phosphoric ester groups is 1. The zero-order valence-corrected chi connectivity index (χ0v) is 20.3. The summed E-state index contributed by atoms with van der Waals surface area (Å²) >= 11 is 0. The van der Waals surface area contributed by atoms with E-state index in [4.69, 9.17) is 27.8 Å². The van der Waals surface area contributed by atoms with E-state index >= 15 is 0 Å². The van der Waals surface area contributed by atoms with Crippen molar-refractivity contribution >= 4 is 20.1 Å². The summed E-state index contributed by atoms with van der Waals surface area (Å²) in [6.45, 7) is 6.78. The van der Waals surface area contributed by atoms with Gasteiger partial charge in [-0.15, -0.1) is 0 Å². The van der Waals surface area contributed by atoms with Crippen LogP contribution in [0.2, 0.25) is 0 Å². The summed E-state index contributed by atoms with van der Waals surface area (Å²) < 4.78 is 53.0. The minimum atomic E-state index is -4.28. The average Bonchev–Trinajstić information content (AvgIpc) is 3.15. The minimum absolute atomic E-state index is 0.121. The molecule has 0 bridgehead atoms. The van der Waals surface area contributed by atoms with Gasteiger partial charge >= 0.3 is 20.1 Å². The molecule has 0 spiro atoms. The summed E-state index contributed by atoms with van der Waals surface area (Å²) in [7, 11) is -2.40. The van der Waals surface area contributed by atoms with Gasteiger partial charge in [-0.3, -0.25) is 4.52 Å². The Labute approximate surface area is 188 Å². The first-order chi connectivity index (χ1) is 15.0. The lowest BCUT2D eigenvalue weighted by molar-refractivity contribution is -0.0636. The molecule has 0 saturated carbocycles. The van der Waals surface area contributed by atoms with Crippen molar-refractivity contribution in [1.29, 1.82) is 0 Å². The van der Waals surface area contributed by atoms with Crippen LogP contribution in [0.5, 0.6) is 0 Å². The van der Waals surface area contributed by atoms with Crippen LogP contribution in [-0.2, 0) is 41.8 Å². The second-order valence-corrected chi connectivity index (χ2v) is 8.97. The lowest BCUT2D eigenvalue weighted by Gasteiger charge is -2.23. The van der Waals surface area contributed by atoms with Gasteiger partial charge in [-0.25, -0.2) is 23.2 Å². The highest BCUT2D eigenvalue weighted by atomic mass is 31.2. The molecule has 186 valence electrons. The highest BCUT2D eigenvalue weighted by molar-refractivity contribution is 7.48. The van der Waals surface area contributed by atoms with Gasteiger partial charge in [0.15, 0.2) is 0 Å². The van der Waals surface area contributed by atoms with Gasteiger partial charge in [-0.1, -0.05) is 6.08 Å². The Kier molecular flexibility index (Phi) is 12.6. The van der Waals surface area contributed by atoms with Gasteiger partial charge in [-0.2, -0.15) is 0 Å². The number of nitrogens with zero attached hydrogens (tertiary/aromatic N) is 1. The van der Waals surface area contributed by atoms with Gasteiger partial charge in [0, 0.05) is 7.05 Å². The van der Waals surface area contributed by atoms with Crippen LogP contribution in [0.1, 0.15) is 47.5 Å². The molecular weight excluding hydrogens is 449 g/mol. The predicted molar refractivity (Wildman–Crippen MR) is 111 cm³/mol. The summed E-state index contributed by atoms with van der Waals surface area (Å²) in [5.41, 5.74) is 0. The van der Waals surface area contributed by atoms with Crippen molar-refractivity contribution < 1.29 is 51.4 Å². The maximum Gasteiger partial charge on any atom is 0.510 e.